The average Bonchev–Trinajstić information content (AvgIpc) is 2.76. The highest BCUT2D eigenvalue weighted by Crippen LogP contribution is 2.08. The number of nitriles is 1. The number of carbonyl (C=O) groups is 1. The molecule has 0 aliphatic carbocycles. The van der Waals surface area contributed by atoms with Crippen molar-refractivity contribution in [3.8, 4) is 6.07 Å². The minimum absolute atomic E-state index is 0.0534. The third-order valence-corrected chi connectivity index (χ3v) is 2.85. The maximum atomic E-state index is 10.9. The number of benzene rings is 1. The molecule has 0 atom stereocenters. The van der Waals surface area contributed by atoms with Gasteiger partial charge in [0.15, 0.2) is 5.17 Å². The molecule has 1 fully saturated rings. The summed E-state index contributed by atoms with van der Waals surface area (Å²) in [4.78, 5) is 10.9. The number of carbonyl (C=O) groups excluding carboxylic acids is 1. The summed E-state index contributed by atoms with van der Waals surface area (Å²) in [6.07, 6.45) is 1.57. The lowest BCUT2D eigenvalue weighted by molar-refractivity contribution is -0.116. The number of thioether (sulfide) groups is 1. The summed E-state index contributed by atoms with van der Waals surface area (Å²) in [6, 6.07) is 9.02. The molecule has 0 saturated carbocycles. The van der Waals surface area contributed by atoms with Crippen molar-refractivity contribution >= 4 is 29.1 Å². The predicted octanol–water partition coefficient (Wildman–Crippen LogP) is 1.11. The molecule has 1 aliphatic rings. The summed E-state index contributed by atoms with van der Waals surface area (Å²) in [5.74, 6) is 0.341. The van der Waals surface area contributed by atoms with Gasteiger partial charge in [-0.1, -0.05) is 23.9 Å². The molecule has 1 N–H and O–H groups in total. The standard InChI is InChI=1S/C11H8N4OS/c12-5-8-1-3-9(4-2-8)6-13-15-11-14-10(16)7-17-11/h1-4,6H,7H2,(H,14,15,16)/b13-6-. The third kappa shape index (κ3) is 3.16. The summed E-state index contributed by atoms with van der Waals surface area (Å²) >= 11 is 1.32. The average molecular weight is 244 g/mol. The van der Waals surface area contributed by atoms with Gasteiger partial charge in [-0.15, -0.1) is 5.10 Å². The molecule has 0 radical (unpaired) electrons. The van der Waals surface area contributed by atoms with Gasteiger partial charge in [0.2, 0.25) is 5.91 Å². The van der Waals surface area contributed by atoms with Gasteiger partial charge < -0.3 is 5.32 Å². The molecule has 1 heterocycles. The highest BCUT2D eigenvalue weighted by molar-refractivity contribution is 8.15. The summed E-state index contributed by atoms with van der Waals surface area (Å²) < 4.78 is 0. The van der Waals surface area contributed by atoms with E-state index in [1.807, 2.05) is 6.07 Å². The fraction of sp³-hybridized carbons (Fsp3) is 0.0909. The van der Waals surface area contributed by atoms with Crippen LogP contribution in [0.15, 0.2) is 34.5 Å². The maximum Gasteiger partial charge on any atom is 0.236 e. The molecule has 5 nitrogen and oxygen atoms in total. The van der Waals surface area contributed by atoms with Gasteiger partial charge in [-0.25, -0.2) is 0 Å². The van der Waals surface area contributed by atoms with Crippen molar-refractivity contribution < 1.29 is 4.79 Å². The molecular formula is C11H8N4OS. The quantitative estimate of drug-likeness (QED) is 0.625. The zero-order chi connectivity index (χ0) is 12.1. The van der Waals surface area contributed by atoms with Crippen molar-refractivity contribution in [2.75, 3.05) is 5.75 Å². The van der Waals surface area contributed by atoms with Crippen molar-refractivity contribution in [3.63, 3.8) is 0 Å². The first kappa shape index (κ1) is 11.4. The second-order valence-corrected chi connectivity index (χ2v) is 4.18. The second-order valence-electron chi connectivity index (χ2n) is 3.22. The Morgan fingerprint density at radius 1 is 1.41 bits per heavy atom. The molecule has 1 aromatic carbocycles. The van der Waals surface area contributed by atoms with E-state index in [1.165, 1.54) is 11.8 Å². The molecular weight excluding hydrogens is 236 g/mol. The minimum atomic E-state index is -0.0534. The lowest BCUT2D eigenvalue weighted by atomic mass is 10.2. The Morgan fingerprint density at radius 2 is 2.18 bits per heavy atom. The van der Waals surface area contributed by atoms with Gasteiger partial charge in [-0.3, -0.25) is 4.79 Å². The van der Waals surface area contributed by atoms with E-state index in [0.29, 0.717) is 16.5 Å². The van der Waals surface area contributed by atoms with E-state index in [-0.39, 0.29) is 5.91 Å². The van der Waals surface area contributed by atoms with Gasteiger partial charge in [-0.05, 0) is 17.7 Å². The van der Waals surface area contributed by atoms with E-state index in [0.717, 1.165) is 5.56 Å². The van der Waals surface area contributed by atoms with Crippen LogP contribution in [0.2, 0.25) is 0 Å². The number of amides is 1. The molecule has 6 heteroatoms. The molecule has 2 rings (SSSR count). The van der Waals surface area contributed by atoms with Crippen molar-refractivity contribution in [3.05, 3.63) is 35.4 Å². The van der Waals surface area contributed by atoms with E-state index >= 15 is 0 Å². The number of nitrogens with one attached hydrogen (secondary N) is 1. The second kappa shape index (κ2) is 5.27. The Morgan fingerprint density at radius 3 is 2.76 bits per heavy atom. The highest BCUT2D eigenvalue weighted by Gasteiger charge is 2.15. The lowest BCUT2D eigenvalue weighted by Crippen LogP contribution is -2.19. The van der Waals surface area contributed by atoms with Crippen LogP contribution in [0, 0.1) is 11.3 Å². The van der Waals surface area contributed by atoms with E-state index in [2.05, 4.69) is 15.5 Å². The number of amidine groups is 1. The van der Waals surface area contributed by atoms with Gasteiger partial charge >= 0.3 is 0 Å². The topological polar surface area (TPSA) is 77.6 Å². The molecule has 1 aliphatic heterocycles. The van der Waals surface area contributed by atoms with Crippen LogP contribution in [0.25, 0.3) is 0 Å². The van der Waals surface area contributed by atoms with Crippen molar-refractivity contribution in [2.24, 2.45) is 10.2 Å². The first-order chi connectivity index (χ1) is 8.28. The Labute approximate surface area is 102 Å². The van der Waals surface area contributed by atoms with Crippen LogP contribution in [-0.4, -0.2) is 23.0 Å². The smallest absolute Gasteiger partial charge is 0.236 e. The number of hydrogen-bond acceptors (Lipinski definition) is 5. The zero-order valence-electron chi connectivity index (χ0n) is 8.75. The van der Waals surface area contributed by atoms with Crippen LogP contribution >= 0.6 is 11.8 Å². The predicted molar refractivity (Wildman–Crippen MR) is 66.8 cm³/mol. The summed E-state index contributed by atoms with van der Waals surface area (Å²) in [5.41, 5.74) is 1.45. The first-order valence-electron chi connectivity index (χ1n) is 4.82. The number of nitrogens with zero attached hydrogens (tertiary/aromatic N) is 3. The summed E-state index contributed by atoms with van der Waals surface area (Å²) in [5, 5.41) is 19.4. The number of rotatable bonds is 2. The minimum Gasteiger partial charge on any atom is -0.303 e. The molecule has 1 amide bonds. The van der Waals surface area contributed by atoms with E-state index < -0.39 is 0 Å². The normalized spacial score (nSPS) is 17.4. The van der Waals surface area contributed by atoms with Crippen molar-refractivity contribution in [1.82, 2.24) is 5.32 Å². The van der Waals surface area contributed by atoms with E-state index in [9.17, 15) is 4.79 Å². The lowest BCUT2D eigenvalue weighted by Gasteiger charge is -1.92. The molecule has 0 bridgehead atoms. The van der Waals surface area contributed by atoms with Gasteiger partial charge in [0, 0.05) is 0 Å². The Hall–Kier alpha value is -2.13. The third-order valence-electron chi connectivity index (χ3n) is 1.98. The molecule has 17 heavy (non-hydrogen) atoms. The molecule has 0 unspecified atom stereocenters. The molecule has 0 aromatic heterocycles. The van der Waals surface area contributed by atoms with Crippen LogP contribution < -0.4 is 5.32 Å². The largest absolute Gasteiger partial charge is 0.303 e. The van der Waals surface area contributed by atoms with E-state index in [1.54, 1.807) is 30.5 Å². The van der Waals surface area contributed by atoms with Crippen LogP contribution in [0.3, 0.4) is 0 Å². The Bertz CT molecular complexity index is 527. The molecule has 0 spiro atoms. The van der Waals surface area contributed by atoms with Crippen LogP contribution in [-0.2, 0) is 4.79 Å². The fourth-order valence-electron chi connectivity index (χ4n) is 1.17. The molecule has 1 saturated heterocycles. The zero-order valence-corrected chi connectivity index (χ0v) is 9.57. The van der Waals surface area contributed by atoms with E-state index in [4.69, 9.17) is 5.26 Å². The SMILES string of the molecule is N#Cc1ccc(/C=N\N=C2NC(=O)CS2)cc1. The Balaban J connectivity index is 2.01. The monoisotopic (exact) mass is 244 g/mol. The van der Waals surface area contributed by atoms with Crippen LogP contribution in [0.4, 0.5) is 0 Å². The summed E-state index contributed by atoms with van der Waals surface area (Å²) in [7, 11) is 0. The fourth-order valence-corrected chi connectivity index (χ4v) is 1.80. The van der Waals surface area contributed by atoms with Gasteiger partial charge in [0.25, 0.3) is 0 Å². The van der Waals surface area contributed by atoms with Gasteiger partial charge in [0.1, 0.15) is 0 Å². The molecule has 1 aromatic rings. The van der Waals surface area contributed by atoms with Crippen LogP contribution in [0.5, 0.6) is 0 Å². The first-order valence-corrected chi connectivity index (χ1v) is 5.80. The molecule has 84 valence electrons. The van der Waals surface area contributed by atoms with Gasteiger partial charge in [-0.2, -0.15) is 10.4 Å². The van der Waals surface area contributed by atoms with Gasteiger partial charge in [0.05, 0.1) is 23.6 Å². The Kier molecular flexibility index (Phi) is 3.52. The van der Waals surface area contributed by atoms with Crippen molar-refractivity contribution in [1.29, 1.82) is 5.26 Å². The number of hydrogen-bond donors (Lipinski definition) is 1. The van der Waals surface area contributed by atoms with Crippen molar-refractivity contribution in [2.45, 2.75) is 0 Å². The van der Waals surface area contributed by atoms with Crippen LogP contribution in [0.1, 0.15) is 11.1 Å². The maximum absolute atomic E-state index is 10.9. The highest BCUT2D eigenvalue weighted by atomic mass is 32.2. The summed E-state index contributed by atoms with van der Waals surface area (Å²) in [6.45, 7) is 0.